The Labute approximate surface area is 196 Å². The quantitative estimate of drug-likeness (QED) is 0.327. The van der Waals surface area contributed by atoms with E-state index in [4.69, 9.17) is 14.2 Å². The third kappa shape index (κ3) is 4.43. The molecular weight excluding hydrogens is 416 g/mol. The number of hydrogen-bond donors (Lipinski definition) is 0. The molecule has 0 saturated carbocycles. The second-order valence-electron chi connectivity index (χ2n) is 10.2. The highest BCUT2D eigenvalue weighted by Crippen LogP contribution is 2.56. The number of hydrogen-bond acceptors (Lipinski definition) is 4. The molecule has 180 valence electrons. The van der Waals surface area contributed by atoms with E-state index in [9.17, 15) is 4.79 Å². The van der Waals surface area contributed by atoms with Crippen molar-refractivity contribution in [3.63, 3.8) is 0 Å². The molecule has 0 amide bonds. The number of carbonyl (C=O) groups excluding carboxylic acids is 1. The van der Waals surface area contributed by atoms with Crippen LogP contribution in [0.5, 0.6) is 11.5 Å². The van der Waals surface area contributed by atoms with Crippen LogP contribution in [0.15, 0.2) is 23.4 Å². The maximum atomic E-state index is 14.0. The summed E-state index contributed by atoms with van der Waals surface area (Å²) in [5.74, 6) is 1.75. The number of unbranched alkanes of at least 4 members (excludes halogenated alkanes) is 1. The normalized spacial score (nSPS) is 19.6. The second kappa shape index (κ2) is 10.6. The van der Waals surface area contributed by atoms with Gasteiger partial charge in [0.25, 0.3) is 0 Å². The number of Topliss-reactive ketones (excluding diaryl/α,β-unsaturated/α-hetero) is 1. The third-order valence-electron chi connectivity index (χ3n) is 7.69. The molecule has 0 spiro atoms. The van der Waals surface area contributed by atoms with Crippen LogP contribution in [0, 0.1) is 0 Å². The van der Waals surface area contributed by atoms with Crippen molar-refractivity contribution in [2.24, 2.45) is 0 Å². The van der Waals surface area contributed by atoms with Crippen molar-refractivity contribution >= 4 is 19.4 Å². The van der Waals surface area contributed by atoms with Crippen LogP contribution in [0.3, 0.4) is 0 Å². The van der Waals surface area contributed by atoms with E-state index in [1.54, 1.807) is 21.3 Å². The highest BCUT2D eigenvalue weighted by molar-refractivity contribution is 6.94. The first-order chi connectivity index (χ1) is 15.0. The molecule has 0 radical (unpaired) electrons. The minimum absolute atomic E-state index is 0.280. The van der Waals surface area contributed by atoms with E-state index in [-0.39, 0.29) is 5.78 Å². The molecule has 1 aliphatic rings. The predicted molar refractivity (Wildman–Crippen MR) is 136 cm³/mol. The zero-order valence-corrected chi connectivity index (χ0v) is 22.9. The highest BCUT2D eigenvalue weighted by atomic mass is 28.3. The van der Waals surface area contributed by atoms with Crippen LogP contribution in [0.1, 0.15) is 79.7 Å². The summed E-state index contributed by atoms with van der Waals surface area (Å²) in [7, 11) is 2.88. The average molecular weight is 461 g/mol. The lowest BCUT2D eigenvalue weighted by molar-refractivity contribution is -0.117. The molecule has 4 nitrogen and oxygen atoms in total. The number of methoxy groups -OCH3 is 3. The minimum atomic E-state index is -2.23. The Morgan fingerprint density at radius 3 is 1.78 bits per heavy atom. The number of benzene rings is 1. The Kier molecular flexibility index (Phi) is 8.80. The molecule has 0 aliphatic heterocycles. The van der Waals surface area contributed by atoms with Crippen molar-refractivity contribution in [1.29, 1.82) is 0 Å². The van der Waals surface area contributed by atoms with Gasteiger partial charge in [0.1, 0.15) is 17.1 Å². The number of ketones is 1. The van der Waals surface area contributed by atoms with Gasteiger partial charge < -0.3 is 14.2 Å². The maximum Gasteiger partial charge on any atom is 0.158 e. The van der Waals surface area contributed by atoms with Crippen molar-refractivity contribution in [1.82, 2.24) is 0 Å². The smallest absolute Gasteiger partial charge is 0.158 e. The zero-order valence-electron chi connectivity index (χ0n) is 21.9. The lowest BCUT2D eigenvalue weighted by Gasteiger charge is -2.45. The van der Waals surface area contributed by atoms with Gasteiger partial charge >= 0.3 is 0 Å². The molecule has 0 bridgehead atoms. The monoisotopic (exact) mass is 460 g/mol. The number of rotatable bonds is 11. The lowest BCUT2D eigenvalue weighted by atomic mass is 9.85. The van der Waals surface area contributed by atoms with Crippen molar-refractivity contribution in [3.8, 4) is 11.5 Å². The van der Waals surface area contributed by atoms with Crippen molar-refractivity contribution in [2.45, 2.75) is 96.4 Å². The van der Waals surface area contributed by atoms with Gasteiger partial charge in [0.2, 0.25) is 0 Å². The molecule has 1 atom stereocenters. The molecule has 0 fully saturated rings. The number of carbonyl (C=O) groups is 1. The molecule has 0 aromatic heterocycles. The van der Waals surface area contributed by atoms with Gasteiger partial charge in [-0.05, 0) is 51.5 Å². The summed E-state index contributed by atoms with van der Waals surface area (Å²) in [5.41, 5.74) is 2.79. The van der Waals surface area contributed by atoms with Gasteiger partial charge in [-0.2, -0.15) is 0 Å². The minimum Gasteiger partial charge on any atom is -0.497 e. The predicted octanol–water partition coefficient (Wildman–Crippen LogP) is 7.22. The molecule has 1 aromatic rings. The molecule has 32 heavy (non-hydrogen) atoms. The van der Waals surface area contributed by atoms with Crippen molar-refractivity contribution in [3.05, 3.63) is 29.0 Å². The molecular formula is C27H44O4Si. The van der Waals surface area contributed by atoms with E-state index >= 15 is 0 Å². The van der Waals surface area contributed by atoms with E-state index in [0.717, 1.165) is 47.1 Å². The SMILES string of the molecule is CCCC[C@@]1(OC)CC(=O)C([Si](C(C)C)(C(C)C)C(C)C)=C1c1cc(OC)cc(OC)c1. The van der Waals surface area contributed by atoms with Crippen LogP contribution in [0.4, 0.5) is 0 Å². The van der Waals surface area contributed by atoms with Crippen LogP contribution in [0.25, 0.3) is 5.57 Å². The largest absolute Gasteiger partial charge is 0.497 e. The van der Waals surface area contributed by atoms with Gasteiger partial charge in [-0.25, -0.2) is 0 Å². The molecule has 1 aromatic carbocycles. The Balaban J connectivity index is 3.04. The Hall–Kier alpha value is -1.59. The first-order valence-electron chi connectivity index (χ1n) is 12.1. The van der Waals surface area contributed by atoms with Crippen LogP contribution >= 0.6 is 0 Å². The second-order valence-corrected chi connectivity index (χ2v) is 16.0. The van der Waals surface area contributed by atoms with Gasteiger partial charge in [0.05, 0.1) is 22.3 Å². The molecule has 2 rings (SSSR count). The summed E-state index contributed by atoms with van der Waals surface area (Å²) in [6.45, 7) is 16.1. The summed E-state index contributed by atoms with van der Waals surface area (Å²) in [6, 6.07) is 5.99. The van der Waals surface area contributed by atoms with Crippen LogP contribution < -0.4 is 9.47 Å². The first-order valence-corrected chi connectivity index (χ1v) is 14.4. The fourth-order valence-electron chi connectivity index (χ4n) is 6.44. The van der Waals surface area contributed by atoms with Gasteiger partial charge in [-0.3, -0.25) is 4.79 Å². The maximum absolute atomic E-state index is 14.0. The fourth-order valence-corrected chi connectivity index (χ4v) is 13.5. The van der Waals surface area contributed by atoms with Crippen LogP contribution in [-0.2, 0) is 9.53 Å². The Bertz CT molecular complexity index is 796. The summed E-state index contributed by atoms with van der Waals surface area (Å²) in [5, 5.41) is 1.09. The summed E-state index contributed by atoms with van der Waals surface area (Å²) in [6.07, 6.45) is 3.33. The highest BCUT2D eigenvalue weighted by Gasteiger charge is 2.56. The number of allylic oxidation sites excluding steroid dienone is 1. The molecule has 0 N–H and O–H groups in total. The van der Waals surface area contributed by atoms with Gasteiger partial charge in [0, 0.05) is 19.6 Å². The van der Waals surface area contributed by atoms with E-state index in [2.05, 4.69) is 60.6 Å². The Morgan fingerprint density at radius 2 is 1.41 bits per heavy atom. The average Bonchev–Trinajstić information content (AvgIpc) is 3.04. The molecule has 5 heteroatoms. The summed E-state index contributed by atoms with van der Waals surface area (Å²) in [4.78, 5) is 14.0. The van der Waals surface area contributed by atoms with E-state index in [1.165, 1.54) is 0 Å². The van der Waals surface area contributed by atoms with Crippen molar-refractivity contribution in [2.75, 3.05) is 21.3 Å². The molecule has 0 heterocycles. The van der Waals surface area contributed by atoms with Crippen LogP contribution in [0.2, 0.25) is 16.6 Å². The van der Waals surface area contributed by atoms with Crippen molar-refractivity contribution < 1.29 is 19.0 Å². The van der Waals surface area contributed by atoms with Crippen LogP contribution in [-0.4, -0.2) is 40.8 Å². The first kappa shape index (κ1) is 26.7. The standard InChI is InChI=1S/C27H44O4Si/c1-11-12-13-27(31-10)17-24(28)26(32(18(2)3,19(4)5)20(6)7)25(27)21-14-22(29-8)16-23(15-21)30-9/h14-16,18-20H,11-13,17H2,1-10H3/t27-/m1/s1. The van der Waals surface area contributed by atoms with E-state index in [1.807, 2.05) is 6.07 Å². The molecule has 0 saturated heterocycles. The topological polar surface area (TPSA) is 44.8 Å². The zero-order chi connectivity index (χ0) is 24.3. The van der Waals surface area contributed by atoms with Gasteiger partial charge in [-0.1, -0.05) is 61.3 Å². The van der Waals surface area contributed by atoms with Gasteiger partial charge in [0.15, 0.2) is 5.78 Å². The Morgan fingerprint density at radius 1 is 0.906 bits per heavy atom. The lowest BCUT2D eigenvalue weighted by Crippen LogP contribution is -2.48. The molecule has 1 aliphatic carbocycles. The summed E-state index contributed by atoms with van der Waals surface area (Å²) >= 11 is 0. The van der Waals surface area contributed by atoms with E-state index < -0.39 is 13.7 Å². The molecule has 0 unspecified atom stereocenters. The fraction of sp³-hybridized carbons (Fsp3) is 0.667. The number of ether oxygens (including phenoxy) is 3. The third-order valence-corrected chi connectivity index (χ3v) is 14.8. The summed E-state index contributed by atoms with van der Waals surface area (Å²) < 4.78 is 17.5. The van der Waals surface area contributed by atoms with Gasteiger partial charge in [-0.15, -0.1) is 0 Å². The van der Waals surface area contributed by atoms with E-state index in [0.29, 0.717) is 23.0 Å².